The molecule has 228 valence electrons. The van der Waals surface area contributed by atoms with Crippen LogP contribution in [0, 0.1) is 11.2 Å². The molecule has 3 aromatic carbocycles. The fourth-order valence-corrected chi connectivity index (χ4v) is 4.53. The maximum atomic E-state index is 15.9. The Bertz CT molecular complexity index is 1530. The first kappa shape index (κ1) is 32.9. The summed E-state index contributed by atoms with van der Waals surface area (Å²) < 4.78 is 59.1. The minimum absolute atomic E-state index is 0.0299. The van der Waals surface area contributed by atoms with Crippen molar-refractivity contribution < 1.29 is 36.9 Å². The molecule has 0 aliphatic carbocycles. The number of aromatic nitrogens is 1. The molecule has 0 atom stereocenters. The zero-order chi connectivity index (χ0) is 31.7. The van der Waals surface area contributed by atoms with Crippen LogP contribution in [-0.2, 0) is 11.3 Å². The Morgan fingerprint density at radius 3 is 2.28 bits per heavy atom. The molecular formula is C30H30F4N4O4S. The zero-order valence-corrected chi connectivity index (χ0v) is 24.3. The highest BCUT2D eigenvalue weighted by Crippen LogP contribution is 2.39. The van der Waals surface area contributed by atoms with Crippen LogP contribution >= 0.6 is 11.3 Å². The van der Waals surface area contributed by atoms with Crippen molar-refractivity contribution >= 4 is 34.5 Å². The summed E-state index contributed by atoms with van der Waals surface area (Å²) in [6, 6.07) is 20.3. The first-order chi connectivity index (χ1) is 20.3. The Morgan fingerprint density at radius 2 is 1.74 bits per heavy atom. The number of nitrogens with zero attached hydrogens (tertiary/aromatic N) is 2. The second-order valence-electron chi connectivity index (χ2n) is 9.20. The number of nitrogens with one attached hydrogen (secondary N) is 1. The topological polar surface area (TPSA) is 122 Å². The van der Waals surface area contributed by atoms with Crippen LogP contribution < -0.4 is 20.1 Å². The van der Waals surface area contributed by atoms with Gasteiger partial charge in [-0.25, -0.2) is 14.2 Å². The number of amidine groups is 1. The van der Waals surface area contributed by atoms with Crippen LogP contribution in [-0.4, -0.2) is 40.8 Å². The molecule has 0 radical (unpaired) electrons. The number of alkyl halides is 3. The number of rotatable bonds is 10. The summed E-state index contributed by atoms with van der Waals surface area (Å²) in [7, 11) is 0. The van der Waals surface area contributed by atoms with Gasteiger partial charge in [0, 0.05) is 34.3 Å². The van der Waals surface area contributed by atoms with Crippen LogP contribution in [0.1, 0.15) is 31.3 Å². The van der Waals surface area contributed by atoms with Crippen molar-refractivity contribution in [2.24, 2.45) is 5.73 Å². The lowest BCUT2D eigenvalue weighted by Gasteiger charge is -2.26. The average molecular weight is 619 g/mol. The third-order valence-electron chi connectivity index (χ3n) is 5.61. The van der Waals surface area contributed by atoms with Gasteiger partial charge in [0.15, 0.2) is 11.6 Å². The fourth-order valence-electron chi connectivity index (χ4n) is 3.74. The van der Waals surface area contributed by atoms with Crippen molar-refractivity contribution in [3.05, 3.63) is 88.5 Å². The van der Waals surface area contributed by atoms with Gasteiger partial charge in [-0.05, 0) is 45.0 Å². The molecule has 0 saturated carbocycles. The van der Waals surface area contributed by atoms with Gasteiger partial charge in [-0.3, -0.25) is 5.41 Å². The van der Waals surface area contributed by atoms with E-state index in [0.29, 0.717) is 30.2 Å². The molecule has 1 heterocycles. The summed E-state index contributed by atoms with van der Waals surface area (Å²) in [4.78, 5) is 15.5. The van der Waals surface area contributed by atoms with Crippen molar-refractivity contribution in [1.82, 2.24) is 4.98 Å². The van der Waals surface area contributed by atoms with Gasteiger partial charge in [0.05, 0.1) is 30.6 Å². The average Bonchev–Trinajstić information content (AvgIpc) is 3.42. The molecule has 1 aromatic heterocycles. The number of carbonyl (C=O) groups is 1. The minimum Gasteiger partial charge on any atom is -0.494 e. The van der Waals surface area contributed by atoms with Crippen LogP contribution in [0.25, 0.3) is 11.3 Å². The molecule has 4 N–H and O–H groups in total. The van der Waals surface area contributed by atoms with Crippen LogP contribution in [0.15, 0.2) is 72.1 Å². The molecule has 0 amide bonds. The van der Waals surface area contributed by atoms with Gasteiger partial charge in [0.2, 0.25) is 0 Å². The standard InChI is InChI=1S/C28H29FN4O2S.C2HF3O2/c1-4-34-22-14-24(27(29)25(15-22)35-18(2)3)33(21-12-10-20(11-13-21)28(30)31)16-26-32-23(17-36-26)19-8-6-5-7-9-19;3-2(4,5)1(6)7/h5-15,17-18H,4,16H2,1-3H3,(H3,30,31);(H,6,7). The molecule has 0 bridgehead atoms. The van der Waals surface area contributed by atoms with Crippen LogP contribution in [0.2, 0.25) is 0 Å². The zero-order valence-electron chi connectivity index (χ0n) is 23.5. The van der Waals surface area contributed by atoms with Gasteiger partial charge < -0.3 is 25.2 Å². The molecule has 0 aliphatic rings. The van der Waals surface area contributed by atoms with Crippen molar-refractivity contribution in [3.63, 3.8) is 0 Å². The molecule has 0 unspecified atom stereocenters. The van der Waals surface area contributed by atoms with Crippen LogP contribution in [0.5, 0.6) is 11.5 Å². The van der Waals surface area contributed by atoms with E-state index in [-0.39, 0.29) is 17.7 Å². The highest BCUT2D eigenvalue weighted by atomic mass is 32.1. The largest absolute Gasteiger partial charge is 0.494 e. The van der Waals surface area contributed by atoms with E-state index in [0.717, 1.165) is 22.0 Å². The third-order valence-corrected chi connectivity index (χ3v) is 6.44. The second kappa shape index (κ2) is 14.5. The maximum absolute atomic E-state index is 15.9. The lowest BCUT2D eigenvalue weighted by atomic mass is 10.1. The predicted octanol–water partition coefficient (Wildman–Crippen LogP) is 7.39. The molecule has 0 aliphatic heterocycles. The van der Waals surface area contributed by atoms with E-state index in [2.05, 4.69) is 0 Å². The van der Waals surface area contributed by atoms with E-state index in [1.165, 1.54) is 11.3 Å². The van der Waals surface area contributed by atoms with Crippen LogP contribution in [0.4, 0.5) is 28.9 Å². The van der Waals surface area contributed by atoms with Crippen LogP contribution in [0.3, 0.4) is 0 Å². The predicted molar refractivity (Wildman–Crippen MR) is 158 cm³/mol. The van der Waals surface area contributed by atoms with Gasteiger partial charge in [-0.1, -0.05) is 30.3 Å². The quantitative estimate of drug-likeness (QED) is 0.0962. The van der Waals surface area contributed by atoms with Gasteiger partial charge >= 0.3 is 12.1 Å². The Balaban J connectivity index is 0.000000646. The lowest BCUT2D eigenvalue weighted by Crippen LogP contribution is -2.21. The van der Waals surface area contributed by atoms with Crippen molar-refractivity contribution in [1.29, 1.82) is 5.41 Å². The number of nitrogens with two attached hydrogens (primary N) is 1. The van der Waals surface area contributed by atoms with Gasteiger partial charge in [-0.2, -0.15) is 13.2 Å². The van der Waals surface area contributed by atoms with E-state index >= 15 is 4.39 Å². The van der Waals surface area contributed by atoms with E-state index in [1.54, 1.807) is 24.3 Å². The number of hydrogen-bond donors (Lipinski definition) is 3. The number of hydrogen-bond acceptors (Lipinski definition) is 7. The molecule has 4 rings (SSSR count). The van der Waals surface area contributed by atoms with E-state index in [1.807, 2.05) is 73.5 Å². The molecule has 0 spiro atoms. The highest BCUT2D eigenvalue weighted by Gasteiger charge is 2.38. The normalized spacial score (nSPS) is 11.0. The first-order valence-electron chi connectivity index (χ1n) is 12.9. The molecule has 0 fully saturated rings. The summed E-state index contributed by atoms with van der Waals surface area (Å²) in [5.74, 6) is -2.63. The Labute approximate surface area is 249 Å². The van der Waals surface area contributed by atoms with Crippen molar-refractivity contribution in [2.75, 3.05) is 11.5 Å². The molecule has 4 aromatic rings. The Kier molecular flexibility index (Phi) is 11.1. The molecule has 13 heteroatoms. The number of benzene rings is 3. The highest BCUT2D eigenvalue weighted by molar-refractivity contribution is 7.10. The van der Waals surface area contributed by atoms with Crippen molar-refractivity contribution in [3.8, 4) is 22.8 Å². The summed E-state index contributed by atoms with van der Waals surface area (Å²) in [5, 5.41) is 17.6. The van der Waals surface area contributed by atoms with E-state index < -0.39 is 18.0 Å². The smallest absolute Gasteiger partial charge is 0.490 e. The molecule has 43 heavy (non-hydrogen) atoms. The molecular weight excluding hydrogens is 588 g/mol. The SMILES string of the molecule is CCOc1cc(OC(C)C)c(F)c(N(Cc2nc(-c3ccccc3)cs2)c2ccc(C(=N)N)cc2)c1.O=C(O)C(F)(F)F. The summed E-state index contributed by atoms with van der Waals surface area (Å²) in [5.41, 5.74) is 9.16. The van der Waals surface area contributed by atoms with E-state index in [9.17, 15) is 13.2 Å². The second-order valence-corrected chi connectivity index (χ2v) is 10.1. The minimum atomic E-state index is -5.08. The maximum Gasteiger partial charge on any atom is 0.490 e. The van der Waals surface area contributed by atoms with Crippen molar-refractivity contribution in [2.45, 2.75) is 39.6 Å². The van der Waals surface area contributed by atoms with Gasteiger partial charge in [-0.15, -0.1) is 11.3 Å². The number of ether oxygens (including phenoxy) is 2. The monoisotopic (exact) mass is 618 g/mol. The number of carboxylic acid groups (broad SMARTS) is 1. The summed E-state index contributed by atoms with van der Waals surface area (Å²) in [6.07, 6.45) is -5.29. The number of halogens is 4. The Morgan fingerprint density at radius 1 is 1.12 bits per heavy atom. The summed E-state index contributed by atoms with van der Waals surface area (Å²) in [6.45, 7) is 6.35. The lowest BCUT2D eigenvalue weighted by molar-refractivity contribution is -0.192. The molecule has 8 nitrogen and oxygen atoms in total. The van der Waals surface area contributed by atoms with Gasteiger partial charge in [0.25, 0.3) is 0 Å². The first-order valence-corrected chi connectivity index (χ1v) is 13.8. The molecule has 0 saturated heterocycles. The number of carboxylic acids is 1. The number of anilines is 2. The number of thiazole rings is 1. The number of nitrogen functional groups attached to an aromatic ring is 1. The fraction of sp³-hybridized carbons (Fsp3) is 0.233. The Hall–Kier alpha value is -4.65. The van der Waals surface area contributed by atoms with Gasteiger partial charge in [0.1, 0.15) is 16.6 Å². The number of aliphatic carboxylic acids is 1. The third kappa shape index (κ3) is 9.17. The summed E-state index contributed by atoms with van der Waals surface area (Å²) >= 11 is 1.51. The van der Waals surface area contributed by atoms with E-state index in [4.69, 9.17) is 35.5 Å².